The number of nitrogens with two attached hydrogens (primary N) is 1. The van der Waals surface area contributed by atoms with Gasteiger partial charge in [-0.2, -0.15) is 0 Å². The van der Waals surface area contributed by atoms with Gasteiger partial charge in [0.2, 0.25) is 10.0 Å². The number of hydrogen-bond acceptors (Lipinski definition) is 4. The van der Waals surface area contributed by atoms with Crippen molar-refractivity contribution in [2.75, 3.05) is 26.2 Å². The zero-order valence-electron chi connectivity index (χ0n) is 12.9. The van der Waals surface area contributed by atoms with Gasteiger partial charge in [-0.15, -0.1) is 0 Å². The fourth-order valence-electron chi connectivity index (χ4n) is 2.46. The van der Waals surface area contributed by atoms with Gasteiger partial charge in [0.05, 0.1) is 4.90 Å². The van der Waals surface area contributed by atoms with Crippen LogP contribution in [0, 0.1) is 0 Å². The maximum Gasteiger partial charge on any atom is 0.242 e. The van der Waals surface area contributed by atoms with E-state index < -0.39 is 10.0 Å². The highest BCUT2D eigenvalue weighted by Gasteiger charge is 2.27. The minimum absolute atomic E-state index is 0.328. The molecule has 2 rings (SSSR count). The summed E-state index contributed by atoms with van der Waals surface area (Å²) < 4.78 is 29.3. The first-order valence-corrected chi connectivity index (χ1v) is 9.13. The quantitative estimate of drug-likeness (QED) is 0.710. The van der Waals surface area contributed by atoms with Gasteiger partial charge in [-0.25, -0.2) is 13.1 Å². The van der Waals surface area contributed by atoms with E-state index in [0.29, 0.717) is 24.0 Å². The first-order chi connectivity index (χ1) is 10.0. The summed E-state index contributed by atoms with van der Waals surface area (Å²) >= 11 is 0. The van der Waals surface area contributed by atoms with Crippen molar-refractivity contribution in [3.05, 3.63) is 18.0 Å². The number of likely N-dealkylation sites (N-methyl/N-ethyl adjacent to an activating group) is 1. The van der Waals surface area contributed by atoms with Crippen LogP contribution in [-0.2, 0) is 16.6 Å². The largest absolute Gasteiger partial charge is 0.346 e. The lowest BCUT2D eigenvalue weighted by molar-refractivity contribution is 0.309. The lowest BCUT2D eigenvalue weighted by Gasteiger charge is -2.17. The molecule has 0 aliphatic heterocycles. The van der Waals surface area contributed by atoms with E-state index in [0.717, 1.165) is 38.2 Å². The lowest BCUT2D eigenvalue weighted by atomic mass is 10.4. The minimum Gasteiger partial charge on any atom is -0.346 e. The SMILES string of the molecule is CCN(CC)CCNS(=O)(=O)c1cc(CN)n(C2CC2)c1. The Morgan fingerprint density at radius 3 is 2.57 bits per heavy atom. The predicted octanol–water partition coefficient (Wildman–Crippen LogP) is 0.902. The maximum absolute atomic E-state index is 12.3. The Hall–Kier alpha value is -0.890. The fraction of sp³-hybridized carbons (Fsp3) is 0.714. The number of nitrogens with one attached hydrogen (secondary N) is 1. The highest BCUT2D eigenvalue weighted by Crippen LogP contribution is 2.37. The van der Waals surface area contributed by atoms with E-state index in [1.165, 1.54) is 0 Å². The summed E-state index contributed by atoms with van der Waals surface area (Å²) in [5.74, 6) is 0. The molecule has 1 fully saturated rings. The average molecular weight is 314 g/mol. The molecule has 0 bridgehead atoms. The number of nitrogens with zero attached hydrogens (tertiary/aromatic N) is 2. The minimum atomic E-state index is -3.44. The topological polar surface area (TPSA) is 80.4 Å². The zero-order valence-corrected chi connectivity index (χ0v) is 13.7. The van der Waals surface area contributed by atoms with Gasteiger partial charge in [0.15, 0.2) is 0 Å². The summed E-state index contributed by atoms with van der Waals surface area (Å²) in [5.41, 5.74) is 6.60. The number of sulfonamides is 1. The standard InChI is InChI=1S/C14H26N4O2S/c1-3-17(4-2)8-7-16-21(19,20)14-9-13(10-15)18(11-14)12-5-6-12/h9,11-12,16H,3-8,10,15H2,1-2H3. The average Bonchev–Trinajstić information content (AvgIpc) is 3.22. The molecular weight excluding hydrogens is 288 g/mol. The van der Waals surface area contributed by atoms with Crippen molar-refractivity contribution >= 4 is 10.0 Å². The van der Waals surface area contributed by atoms with Gasteiger partial charge >= 0.3 is 0 Å². The maximum atomic E-state index is 12.3. The van der Waals surface area contributed by atoms with Crippen molar-refractivity contribution < 1.29 is 8.42 Å². The van der Waals surface area contributed by atoms with E-state index in [1.807, 2.05) is 4.57 Å². The molecule has 7 heteroatoms. The number of aromatic nitrogens is 1. The van der Waals surface area contributed by atoms with E-state index in [2.05, 4.69) is 23.5 Å². The van der Waals surface area contributed by atoms with Crippen LogP contribution in [-0.4, -0.2) is 44.1 Å². The predicted molar refractivity (Wildman–Crippen MR) is 83.6 cm³/mol. The molecule has 0 saturated heterocycles. The molecule has 0 aromatic carbocycles. The second kappa shape index (κ2) is 6.91. The second-order valence-electron chi connectivity index (χ2n) is 5.43. The van der Waals surface area contributed by atoms with Gasteiger partial charge in [-0.05, 0) is 32.0 Å². The van der Waals surface area contributed by atoms with Gasteiger partial charge in [0.25, 0.3) is 0 Å². The van der Waals surface area contributed by atoms with Crippen molar-refractivity contribution in [3.8, 4) is 0 Å². The smallest absolute Gasteiger partial charge is 0.242 e. The summed E-state index contributed by atoms with van der Waals surface area (Å²) in [6.45, 7) is 7.51. The first-order valence-electron chi connectivity index (χ1n) is 7.64. The van der Waals surface area contributed by atoms with E-state index in [1.54, 1.807) is 12.3 Å². The van der Waals surface area contributed by atoms with Crippen molar-refractivity contribution in [2.45, 2.75) is 44.2 Å². The monoisotopic (exact) mass is 314 g/mol. The molecule has 3 N–H and O–H groups in total. The Morgan fingerprint density at radius 2 is 2.05 bits per heavy atom. The Morgan fingerprint density at radius 1 is 1.38 bits per heavy atom. The summed E-state index contributed by atoms with van der Waals surface area (Å²) in [7, 11) is -3.44. The summed E-state index contributed by atoms with van der Waals surface area (Å²) in [5, 5.41) is 0. The molecular formula is C14H26N4O2S. The van der Waals surface area contributed by atoms with Gasteiger partial charge in [0.1, 0.15) is 0 Å². The molecule has 1 aliphatic carbocycles. The third-order valence-electron chi connectivity index (χ3n) is 3.98. The van der Waals surface area contributed by atoms with E-state index in [9.17, 15) is 8.42 Å². The lowest BCUT2D eigenvalue weighted by Crippen LogP contribution is -2.34. The molecule has 0 unspecified atom stereocenters. The van der Waals surface area contributed by atoms with E-state index >= 15 is 0 Å². The highest BCUT2D eigenvalue weighted by molar-refractivity contribution is 7.89. The fourth-order valence-corrected chi connectivity index (χ4v) is 3.53. The van der Waals surface area contributed by atoms with Crippen LogP contribution in [0.1, 0.15) is 38.4 Å². The molecule has 21 heavy (non-hydrogen) atoms. The summed E-state index contributed by atoms with van der Waals surface area (Å²) in [6.07, 6.45) is 3.94. The van der Waals surface area contributed by atoms with Crippen molar-refractivity contribution in [3.63, 3.8) is 0 Å². The van der Waals surface area contributed by atoms with Crippen LogP contribution in [0.3, 0.4) is 0 Å². The van der Waals surface area contributed by atoms with Crippen LogP contribution in [0.15, 0.2) is 17.2 Å². The van der Waals surface area contributed by atoms with Crippen molar-refractivity contribution in [1.82, 2.24) is 14.2 Å². The number of hydrogen-bond donors (Lipinski definition) is 2. The molecule has 0 radical (unpaired) electrons. The molecule has 1 heterocycles. The molecule has 1 aromatic rings. The third-order valence-corrected chi connectivity index (χ3v) is 5.41. The van der Waals surface area contributed by atoms with E-state index in [-0.39, 0.29) is 0 Å². The third kappa shape index (κ3) is 4.06. The molecule has 0 spiro atoms. The van der Waals surface area contributed by atoms with Crippen molar-refractivity contribution in [2.24, 2.45) is 5.73 Å². The van der Waals surface area contributed by atoms with Gasteiger partial charge in [-0.1, -0.05) is 13.8 Å². The van der Waals surface area contributed by atoms with Gasteiger partial charge in [-0.3, -0.25) is 0 Å². The molecule has 1 saturated carbocycles. The van der Waals surface area contributed by atoms with Crippen molar-refractivity contribution in [1.29, 1.82) is 0 Å². The van der Waals surface area contributed by atoms with Crippen LogP contribution >= 0.6 is 0 Å². The molecule has 6 nitrogen and oxygen atoms in total. The van der Waals surface area contributed by atoms with Crippen LogP contribution < -0.4 is 10.5 Å². The Bertz CT molecular complexity index is 560. The first kappa shape index (κ1) is 16.5. The Balaban J connectivity index is 2.02. The highest BCUT2D eigenvalue weighted by atomic mass is 32.2. The summed E-state index contributed by atoms with van der Waals surface area (Å²) in [6, 6.07) is 2.13. The van der Waals surface area contributed by atoms with Crippen LogP contribution in [0.5, 0.6) is 0 Å². The molecule has 120 valence electrons. The zero-order chi connectivity index (χ0) is 15.5. The Kier molecular flexibility index (Phi) is 5.43. The van der Waals surface area contributed by atoms with Gasteiger partial charge in [0, 0.05) is 37.6 Å². The van der Waals surface area contributed by atoms with E-state index in [4.69, 9.17) is 5.73 Å². The van der Waals surface area contributed by atoms with Crippen LogP contribution in [0.25, 0.3) is 0 Å². The number of rotatable bonds is 9. The Labute approximate surface area is 127 Å². The molecule has 1 aliphatic rings. The normalized spacial score (nSPS) is 15.8. The molecule has 0 atom stereocenters. The second-order valence-corrected chi connectivity index (χ2v) is 7.20. The van der Waals surface area contributed by atoms with Crippen LogP contribution in [0.2, 0.25) is 0 Å². The molecule has 1 aromatic heterocycles. The van der Waals surface area contributed by atoms with Gasteiger partial charge < -0.3 is 15.2 Å². The van der Waals surface area contributed by atoms with Crippen LogP contribution in [0.4, 0.5) is 0 Å². The molecule has 0 amide bonds. The summed E-state index contributed by atoms with van der Waals surface area (Å²) in [4.78, 5) is 2.51.